The van der Waals surface area contributed by atoms with Crippen molar-refractivity contribution in [3.05, 3.63) is 47.5 Å². The summed E-state index contributed by atoms with van der Waals surface area (Å²) in [5, 5.41) is 4.02. The summed E-state index contributed by atoms with van der Waals surface area (Å²) in [6, 6.07) is 11.2. The van der Waals surface area contributed by atoms with Gasteiger partial charge in [-0.1, -0.05) is 32.9 Å². The number of benzene rings is 2. The molecule has 0 fully saturated rings. The summed E-state index contributed by atoms with van der Waals surface area (Å²) in [5.74, 6) is 1.91. The van der Waals surface area contributed by atoms with E-state index in [-0.39, 0.29) is 12.0 Å². The Morgan fingerprint density at radius 3 is 2.66 bits per heavy atom. The Labute approximate surface area is 170 Å². The van der Waals surface area contributed by atoms with Crippen molar-refractivity contribution in [2.24, 2.45) is 5.10 Å². The van der Waals surface area contributed by atoms with Gasteiger partial charge in [-0.05, 0) is 35.2 Å². The number of hydrogen-bond acceptors (Lipinski definition) is 6. The largest absolute Gasteiger partial charge is 0.493 e. The Hall–Kier alpha value is -3.22. The van der Waals surface area contributed by atoms with E-state index in [1.807, 2.05) is 30.3 Å². The van der Waals surface area contributed by atoms with Gasteiger partial charge in [0, 0.05) is 5.56 Å². The molecular formula is C22H26N2O5. The number of carbonyl (C=O) groups is 1. The van der Waals surface area contributed by atoms with Gasteiger partial charge < -0.3 is 18.9 Å². The van der Waals surface area contributed by atoms with E-state index in [1.165, 1.54) is 6.21 Å². The van der Waals surface area contributed by atoms with E-state index >= 15 is 0 Å². The standard InChI is InChI=1S/C22H26N2O5/c1-22(2,3)15-9-10-16-18(11-15)29-19(13-28-16)21(25)24-23-12-14-7-6-8-17(26-4)20(14)27-5/h6-12,19H,13H2,1-5H3,(H,24,25)/b23-12+/t19-/m0/s1. The predicted octanol–water partition coefficient (Wildman–Crippen LogP) is 3.29. The molecule has 0 bridgehead atoms. The average Bonchev–Trinajstić information content (AvgIpc) is 2.71. The van der Waals surface area contributed by atoms with Crippen molar-refractivity contribution in [3.8, 4) is 23.0 Å². The Balaban J connectivity index is 1.68. The maximum atomic E-state index is 12.5. The molecule has 154 valence electrons. The molecule has 1 atom stereocenters. The molecular weight excluding hydrogens is 372 g/mol. The van der Waals surface area contributed by atoms with E-state index < -0.39 is 12.0 Å². The van der Waals surface area contributed by atoms with Crippen molar-refractivity contribution in [2.75, 3.05) is 20.8 Å². The van der Waals surface area contributed by atoms with Gasteiger partial charge in [-0.15, -0.1) is 0 Å². The number of ether oxygens (including phenoxy) is 4. The molecule has 1 aliphatic heterocycles. The Kier molecular flexibility index (Phi) is 5.96. The zero-order valence-electron chi connectivity index (χ0n) is 17.3. The molecule has 3 rings (SSSR count). The number of hydrazone groups is 1. The minimum Gasteiger partial charge on any atom is -0.493 e. The fourth-order valence-electron chi connectivity index (χ4n) is 2.92. The average molecular weight is 398 g/mol. The van der Waals surface area contributed by atoms with E-state index in [4.69, 9.17) is 18.9 Å². The second-order valence-corrected chi connectivity index (χ2v) is 7.65. The summed E-state index contributed by atoms with van der Waals surface area (Å²) in [4.78, 5) is 12.5. The number of nitrogens with zero attached hydrogens (tertiary/aromatic N) is 1. The van der Waals surface area contributed by atoms with Crippen molar-refractivity contribution >= 4 is 12.1 Å². The maximum absolute atomic E-state index is 12.5. The fraction of sp³-hybridized carbons (Fsp3) is 0.364. The normalized spacial score (nSPS) is 15.8. The molecule has 0 unspecified atom stereocenters. The molecule has 1 aliphatic rings. The summed E-state index contributed by atoms with van der Waals surface area (Å²) in [6.07, 6.45) is 0.705. The van der Waals surface area contributed by atoms with E-state index in [0.29, 0.717) is 28.6 Å². The molecule has 1 N–H and O–H groups in total. The van der Waals surface area contributed by atoms with Gasteiger partial charge in [-0.25, -0.2) is 5.43 Å². The molecule has 7 heteroatoms. The van der Waals surface area contributed by atoms with Crippen LogP contribution in [0.2, 0.25) is 0 Å². The molecule has 2 aromatic carbocycles. The number of para-hydroxylation sites is 1. The van der Waals surface area contributed by atoms with Crippen LogP contribution < -0.4 is 24.4 Å². The molecule has 0 radical (unpaired) electrons. The van der Waals surface area contributed by atoms with Gasteiger partial charge in [0.1, 0.15) is 6.61 Å². The third kappa shape index (κ3) is 4.62. The summed E-state index contributed by atoms with van der Waals surface area (Å²) in [7, 11) is 3.11. The number of nitrogens with one attached hydrogen (secondary N) is 1. The highest BCUT2D eigenvalue weighted by Gasteiger charge is 2.28. The van der Waals surface area contributed by atoms with Gasteiger partial charge in [-0.3, -0.25) is 4.79 Å². The Morgan fingerprint density at radius 2 is 1.97 bits per heavy atom. The van der Waals surface area contributed by atoms with E-state index in [1.54, 1.807) is 20.3 Å². The van der Waals surface area contributed by atoms with Crippen LogP contribution >= 0.6 is 0 Å². The highest BCUT2D eigenvalue weighted by molar-refractivity contribution is 5.87. The van der Waals surface area contributed by atoms with Gasteiger partial charge in [0.25, 0.3) is 5.91 Å². The molecule has 0 aromatic heterocycles. The highest BCUT2D eigenvalue weighted by Crippen LogP contribution is 2.36. The van der Waals surface area contributed by atoms with Crippen LogP contribution in [0, 0.1) is 0 Å². The summed E-state index contributed by atoms with van der Waals surface area (Å²) < 4.78 is 22.1. The van der Waals surface area contributed by atoms with Crippen LogP contribution in [0.4, 0.5) is 0 Å². The lowest BCUT2D eigenvalue weighted by molar-refractivity contribution is -0.130. The first kappa shape index (κ1) is 20.5. The molecule has 0 saturated heterocycles. The van der Waals surface area contributed by atoms with Crippen molar-refractivity contribution < 1.29 is 23.7 Å². The molecule has 1 heterocycles. The number of fused-ring (bicyclic) bond motifs is 1. The van der Waals surface area contributed by atoms with Crippen LogP contribution in [-0.2, 0) is 10.2 Å². The van der Waals surface area contributed by atoms with Gasteiger partial charge in [0.15, 0.2) is 23.0 Å². The third-order valence-corrected chi connectivity index (χ3v) is 4.57. The second kappa shape index (κ2) is 8.43. The van der Waals surface area contributed by atoms with Crippen LogP contribution in [0.15, 0.2) is 41.5 Å². The summed E-state index contributed by atoms with van der Waals surface area (Å²) in [6.45, 7) is 6.46. The lowest BCUT2D eigenvalue weighted by Crippen LogP contribution is -2.42. The second-order valence-electron chi connectivity index (χ2n) is 7.65. The van der Waals surface area contributed by atoms with Crippen molar-refractivity contribution in [1.29, 1.82) is 0 Å². The molecule has 0 saturated carbocycles. The molecule has 29 heavy (non-hydrogen) atoms. The van der Waals surface area contributed by atoms with Gasteiger partial charge in [0.05, 0.1) is 20.4 Å². The summed E-state index contributed by atoms with van der Waals surface area (Å²) in [5.41, 5.74) is 4.24. The number of hydrogen-bond donors (Lipinski definition) is 1. The molecule has 0 aliphatic carbocycles. The number of carbonyl (C=O) groups excluding carboxylic acids is 1. The minimum absolute atomic E-state index is 0.0340. The first-order valence-electron chi connectivity index (χ1n) is 9.31. The van der Waals surface area contributed by atoms with Crippen molar-refractivity contribution in [3.63, 3.8) is 0 Å². The van der Waals surface area contributed by atoms with Crippen LogP contribution in [0.3, 0.4) is 0 Å². The van der Waals surface area contributed by atoms with Crippen LogP contribution in [0.1, 0.15) is 31.9 Å². The van der Waals surface area contributed by atoms with Gasteiger partial charge in [-0.2, -0.15) is 5.10 Å². The molecule has 0 spiro atoms. The third-order valence-electron chi connectivity index (χ3n) is 4.57. The smallest absolute Gasteiger partial charge is 0.284 e. The minimum atomic E-state index is -0.790. The highest BCUT2D eigenvalue weighted by atomic mass is 16.6. The Bertz CT molecular complexity index is 918. The number of methoxy groups -OCH3 is 2. The van der Waals surface area contributed by atoms with Gasteiger partial charge >= 0.3 is 0 Å². The van der Waals surface area contributed by atoms with E-state index in [9.17, 15) is 4.79 Å². The molecule has 1 amide bonds. The first-order valence-corrected chi connectivity index (χ1v) is 9.31. The first-order chi connectivity index (χ1) is 13.8. The predicted molar refractivity (Wildman–Crippen MR) is 110 cm³/mol. The SMILES string of the molecule is COc1cccc(/C=N/NC(=O)[C@@H]2COc3ccc(C(C)(C)C)cc3O2)c1OC. The van der Waals surface area contributed by atoms with Crippen LogP contribution in [0.5, 0.6) is 23.0 Å². The van der Waals surface area contributed by atoms with Crippen LogP contribution in [-0.4, -0.2) is 39.1 Å². The van der Waals surface area contributed by atoms with E-state index in [2.05, 4.69) is 31.3 Å². The quantitative estimate of drug-likeness (QED) is 0.618. The van der Waals surface area contributed by atoms with Gasteiger partial charge in [0.2, 0.25) is 6.10 Å². The Morgan fingerprint density at radius 1 is 1.17 bits per heavy atom. The molecule has 7 nitrogen and oxygen atoms in total. The van der Waals surface area contributed by atoms with Crippen molar-refractivity contribution in [1.82, 2.24) is 5.43 Å². The lowest BCUT2D eigenvalue weighted by atomic mass is 9.87. The number of amides is 1. The lowest BCUT2D eigenvalue weighted by Gasteiger charge is -2.27. The molecule has 2 aromatic rings. The maximum Gasteiger partial charge on any atom is 0.284 e. The number of rotatable bonds is 5. The zero-order valence-corrected chi connectivity index (χ0v) is 17.3. The fourth-order valence-corrected chi connectivity index (χ4v) is 2.92. The topological polar surface area (TPSA) is 78.4 Å². The van der Waals surface area contributed by atoms with Crippen molar-refractivity contribution in [2.45, 2.75) is 32.3 Å². The van der Waals surface area contributed by atoms with Crippen LogP contribution in [0.25, 0.3) is 0 Å². The van der Waals surface area contributed by atoms with E-state index in [0.717, 1.165) is 5.56 Å². The summed E-state index contributed by atoms with van der Waals surface area (Å²) >= 11 is 0. The zero-order chi connectivity index (χ0) is 21.0. The monoisotopic (exact) mass is 398 g/mol.